The molecule has 0 aliphatic rings. The number of fused-ring (bicyclic) bond motifs is 4. The fourth-order valence-corrected chi connectivity index (χ4v) is 5.37. The number of nitrogens with zero attached hydrogens (tertiary/aromatic N) is 3. The normalized spacial score (nSPS) is 11.6. The summed E-state index contributed by atoms with van der Waals surface area (Å²) in [6.45, 7) is 6.21. The third-order valence-corrected chi connectivity index (χ3v) is 7.31. The van der Waals surface area contributed by atoms with Crippen molar-refractivity contribution in [2.75, 3.05) is 0 Å². The van der Waals surface area contributed by atoms with Crippen molar-refractivity contribution >= 4 is 33.0 Å². The second kappa shape index (κ2) is 8.17. The molecule has 37 heavy (non-hydrogen) atoms. The standard InChI is InChI=1S/C33H25N3O/c1-20-21(2)34-22(3)31-30(20)35-33(36(31)25-13-8-5-9-14-25)28-16-10-15-27-26-18-17-24(19-29(26)37-32(27)28)23-11-6-4-7-12-23/h4-19H,1-3H3. The van der Waals surface area contributed by atoms with E-state index in [1.165, 1.54) is 5.56 Å². The number of para-hydroxylation sites is 2. The third kappa shape index (κ3) is 3.30. The van der Waals surface area contributed by atoms with Crippen LogP contribution in [0, 0.1) is 20.8 Å². The molecule has 0 saturated carbocycles. The predicted molar refractivity (Wildman–Crippen MR) is 151 cm³/mol. The van der Waals surface area contributed by atoms with Crippen molar-refractivity contribution < 1.29 is 4.42 Å². The fourth-order valence-electron chi connectivity index (χ4n) is 5.37. The topological polar surface area (TPSA) is 43.9 Å². The maximum Gasteiger partial charge on any atom is 0.149 e. The van der Waals surface area contributed by atoms with Crippen LogP contribution in [0.5, 0.6) is 0 Å². The molecule has 4 aromatic carbocycles. The maximum atomic E-state index is 6.60. The van der Waals surface area contributed by atoms with Crippen LogP contribution in [0.15, 0.2) is 101 Å². The molecule has 178 valence electrons. The van der Waals surface area contributed by atoms with Gasteiger partial charge in [-0.1, -0.05) is 66.7 Å². The molecule has 7 aromatic rings. The molecule has 0 unspecified atom stereocenters. The van der Waals surface area contributed by atoms with Gasteiger partial charge in [-0.3, -0.25) is 9.55 Å². The Morgan fingerprint density at radius 1 is 0.649 bits per heavy atom. The monoisotopic (exact) mass is 479 g/mol. The largest absolute Gasteiger partial charge is 0.455 e. The summed E-state index contributed by atoms with van der Waals surface area (Å²) >= 11 is 0. The summed E-state index contributed by atoms with van der Waals surface area (Å²) in [5.41, 5.74) is 11.1. The second-order valence-corrected chi connectivity index (χ2v) is 9.57. The molecule has 7 rings (SSSR count). The predicted octanol–water partition coefficient (Wildman–Crippen LogP) is 8.58. The van der Waals surface area contributed by atoms with Crippen molar-refractivity contribution in [1.82, 2.24) is 14.5 Å². The van der Waals surface area contributed by atoms with Crippen molar-refractivity contribution in [3.63, 3.8) is 0 Å². The molecule has 0 saturated heterocycles. The highest BCUT2D eigenvalue weighted by atomic mass is 16.3. The van der Waals surface area contributed by atoms with E-state index in [0.29, 0.717) is 0 Å². The lowest BCUT2D eigenvalue weighted by molar-refractivity contribution is 0.669. The van der Waals surface area contributed by atoms with Gasteiger partial charge in [0.15, 0.2) is 0 Å². The minimum Gasteiger partial charge on any atom is -0.455 e. The van der Waals surface area contributed by atoms with E-state index in [1.807, 2.05) is 19.1 Å². The van der Waals surface area contributed by atoms with Gasteiger partial charge in [-0.2, -0.15) is 0 Å². The van der Waals surface area contributed by atoms with Gasteiger partial charge in [0.05, 0.1) is 22.3 Å². The van der Waals surface area contributed by atoms with E-state index in [2.05, 4.69) is 103 Å². The van der Waals surface area contributed by atoms with Crippen LogP contribution in [-0.2, 0) is 0 Å². The first-order valence-corrected chi connectivity index (χ1v) is 12.5. The number of aromatic nitrogens is 3. The Morgan fingerprint density at radius 2 is 1.41 bits per heavy atom. The van der Waals surface area contributed by atoms with Crippen LogP contribution in [0.1, 0.15) is 17.0 Å². The lowest BCUT2D eigenvalue weighted by atomic mass is 10.0. The summed E-state index contributed by atoms with van der Waals surface area (Å²) in [5.74, 6) is 0.854. The quantitative estimate of drug-likeness (QED) is 0.255. The lowest BCUT2D eigenvalue weighted by Crippen LogP contribution is -2.00. The molecular weight excluding hydrogens is 454 g/mol. The van der Waals surface area contributed by atoms with Gasteiger partial charge in [0.2, 0.25) is 0 Å². The van der Waals surface area contributed by atoms with Crippen molar-refractivity contribution in [2.45, 2.75) is 20.8 Å². The highest BCUT2D eigenvalue weighted by Gasteiger charge is 2.22. The zero-order chi connectivity index (χ0) is 25.1. The SMILES string of the molecule is Cc1nc(C)c2c(nc(-c3cccc4c3oc3cc(-c5ccccc5)ccc34)n2-c2ccccc2)c1C. The van der Waals surface area contributed by atoms with Crippen molar-refractivity contribution in [2.24, 2.45) is 0 Å². The van der Waals surface area contributed by atoms with Crippen LogP contribution in [0.25, 0.3) is 61.2 Å². The lowest BCUT2D eigenvalue weighted by Gasteiger charge is -2.11. The van der Waals surface area contributed by atoms with Gasteiger partial charge in [0.25, 0.3) is 0 Å². The van der Waals surface area contributed by atoms with E-state index in [0.717, 1.165) is 72.6 Å². The van der Waals surface area contributed by atoms with Crippen LogP contribution in [-0.4, -0.2) is 14.5 Å². The van der Waals surface area contributed by atoms with E-state index >= 15 is 0 Å². The summed E-state index contributed by atoms with van der Waals surface area (Å²) in [6.07, 6.45) is 0. The van der Waals surface area contributed by atoms with Crippen LogP contribution in [0.2, 0.25) is 0 Å². The number of benzene rings is 4. The molecule has 0 atom stereocenters. The average molecular weight is 480 g/mol. The van der Waals surface area contributed by atoms with Gasteiger partial charge in [-0.05, 0) is 67.8 Å². The molecule has 4 nitrogen and oxygen atoms in total. The minimum atomic E-state index is 0.843. The number of aryl methyl sites for hydroxylation is 3. The summed E-state index contributed by atoms with van der Waals surface area (Å²) in [4.78, 5) is 10.1. The fraction of sp³-hybridized carbons (Fsp3) is 0.0909. The molecule has 0 spiro atoms. The number of rotatable bonds is 3. The maximum absolute atomic E-state index is 6.60. The van der Waals surface area contributed by atoms with Gasteiger partial charge in [-0.25, -0.2) is 4.98 Å². The summed E-state index contributed by atoms with van der Waals surface area (Å²) < 4.78 is 8.83. The summed E-state index contributed by atoms with van der Waals surface area (Å²) in [5, 5.41) is 2.19. The van der Waals surface area contributed by atoms with Crippen molar-refractivity contribution in [3.8, 4) is 28.2 Å². The second-order valence-electron chi connectivity index (χ2n) is 9.57. The average Bonchev–Trinajstić information content (AvgIpc) is 3.52. The number of hydrogen-bond acceptors (Lipinski definition) is 3. The van der Waals surface area contributed by atoms with Crippen LogP contribution >= 0.6 is 0 Å². The van der Waals surface area contributed by atoms with Gasteiger partial charge >= 0.3 is 0 Å². The highest BCUT2D eigenvalue weighted by Crippen LogP contribution is 2.39. The van der Waals surface area contributed by atoms with Crippen molar-refractivity contribution in [1.29, 1.82) is 0 Å². The van der Waals surface area contributed by atoms with Gasteiger partial charge < -0.3 is 4.42 Å². The molecule has 0 bridgehead atoms. The Hall–Kier alpha value is -4.70. The molecule has 0 fully saturated rings. The number of pyridine rings is 1. The molecule has 0 N–H and O–H groups in total. The zero-order valence-electron chi connectivity index (χ0n) is 21.0. The Balaban J connectivity index is 1.54. The molecule has 0 aliphatic carbocycles. The summed E-state index contributed by atoms with van der Waals surface area (Å²) in [6, 6.07) is 33.6. The first-order chi connectivity index (χ1) is 18.1. The van der Waals surface area contributed by atoms with Gasteiger partial charge in [0, 0.05) is 22.2 Å². The summed E-state index contributed by atoms with van der Waals surface area (Å²) in [7, 11) is 0. The molecular formula is C33H25N3O. The van der Waals surface area contributed by atoms with Crippen LogP contribution in [0.4, 0.5) is 0 Å². The number of furan rings is 1. The first kappa shape index (κ1) is 21.6. The zero-order valence-corrected chi connectivity index (χ0v) is 21.0. The molecule has 3 aromatic heterocycles. The van der Waals surface area contributed by atoms with Gasteiger partial charge in [0.1, 0.15) is 17.0 Å². The van der Waals surface area contributed by atoms with E-state index < -0.39 is 0 Å². The third-order valence-electron chi connectivity index (χ3n) is 7.31. The molecule has 3 heterocycles. The Labute approximate surface area is 214 Å². The van der Waals surface area contributed by atoms with E-state index in [4.69, 9.17) is 14.4 Å². The van der Waals surface area contributed by atoms with E-state index in [-0.39, 0.29) is 0 Å². The molecule has 0 amide bonds. The Bertz CT molecular complexity index is 1950. The van der Waals surface area contributed by atoms with E-state index in [1.54, 1.807) is 0 Å². The molecule has 4 heteroatoms. The Kier molecular flexibility index (Phi) is 4.76. The highest BCUT2D eigenvalue weighted by molar-refractivity contribution is 6.10. The molecule has 0 aliphatic heterocycles. The Morgan fingerprint density at radius 3 is 2.19 bits per heavy atom. The number of hydrogen-bond donors (Lipinski definition) is 0. The smallest absolute Gasteiger partial charge is 0.149 e. The van der Waals surface area contributed by atoms with Crippen LogP contribution < -0.4 is 0 Å². The van der Waals surface area contributed by atoms with Gasteiger partial charge in [-0.15, -0.1) is 0 Å². The van der Waals surface area contributed by atoms with E-state index in [9.17, 15) is 0 Å². The first-order valence-electron chi connectivity index (χ1n) is 12.5. The number of imidazole rings is 1. The van der Waals surface area contributed by atoms with Crippen molar-refractivity contribution in [3.05, 3.63) is 114 Å². The van der Waals surface area contributed by atoms with Crippen LogP contribution in [0.3, 0.4) is 0 Å². The molecule has 0 radical (unpaired) electrons. The minimum absolute atomic E-state index is 0.843.